The van der Waals surface area contributed by atoms with Gasteiger partial charge in [0.15, 0.2) is 5.78 Å². The molecule has 0 amide bonds. The number of hydrogen-bond donors (Lipinski definition) is 1. The first-order chi connectivity index (χ1) is 16.0. The van der Waals surface area contributed by atoms with Crippen molar-refractivity contribution in [3.63, 3.8) is 0 Å². The molecule has 1 N–H and O–H groups in total. The van der Waals surface area contributed by atoms with Crippen LogP contribution in [0.5, 0.6) is 11.5 Å². The number of carbonyl (C=O) groups excluding carboxylic acids is 1. The summed E-state index contributed by atoms with van der Waals surface area (Å²) in [6.07, 6.45) is 0.0472. The maximum Gasteiger partial charge on any atom is 0.336 e. The van der Waals surface area contributed by atoms with Gasteiger partial charge in [0, 0.05) is 17.6 Å². The third-order valence-electron chi connectivity index (χ3n) is 5.24. The number of carbonyl (C=O) groups is 2. The normalized spacial score (nSPS) is 11.7. The quantitative estimate of drug-likeness (QED) is 0.318. The van der Waals surface area contributed by atoms with E-state index in [0.717, 1.165) is 0 Å². The Bertz CT molecular complexity index is 1350. The smallest absolute Gasteiger partial charge is 0.336 e. The molecule has 4 aromatic rings. The van der Waals surface area contributed by atoms with Gasteiger partial charge >= 0.3 is 5.97 Å². The van der Waals surface area contributed by atoms with Crippen molar-refractivity contribution in [1.29, 1.82) is 0 Å². The number of carboxylic acid groups (broad SMARTS) is 1. The van der Waals surface area contributed by atoms with Gasteiger partial charge in [0.25, 0.3) is 0 Å². The maximum absolute atomic E-state index is 13.6. The molecule has 166 valence electrons. The standard InChI is InChI=1S/C25H20N2O6/c1-31-18-10-7-15(8-11-18)24(28)19(13-16-5-3-4-6-22(16)32-2)23(25(29)30)17-9-12-20-21(14-17)27-33-26-20/h3-12,14H,13H2,1-2H3,(H,29,30). The molecule has 0 aliphatic heterocycles. The fraction of sp³-hybridized carbons (Fsp3) is 0.120. The second-order valence-corrected chi connectivity index (χ2v) is 7.17. The molecule has 0 aliphatic rings. The Kier molecular flexibility index (Phi) is 6.17. The molecule has 0 saturated carbocycles. The predicted octanol–water partition coefficient (Wildman–Crippen LogP) is 4.20. The number of fused-ring (bicyclic) bond motifs is 1. The number of rotatable bonds is 8. The molecular formula is C25H20N2O6. The first-order valence-electron chi connectivity index (χ1n) is 10.0. The van der Waals surface area contributed by atoms with Crippen LogP contribution in [0.1, 0.15) is 21.5 Å². The molecule has 0 fully saturated rings. The number of nitrogens with zero attached hydrogens (tertiary/aromatic N) is 2. The summed E-state index contributed by atoms with van der Waals surface area (Å²) in [6, 6.07) is 18.4. The third-order valence-corrected chi connectivity index (χ3v) is 5.24. The van der Waals surface area contributed by atoms with E-state index in [0.29, 0.717) is 39.2 Å². The predicted molar refractivity (Wildman–Crippen MR) is 120 cm³/mol. The Morgan fingerprint density at radius 1 is 0.879 bits per heavy atom. The summed E-state index contributed by atoms with van der Waals surface area (Å²) < 4.78 is 15.3. The molecular weight excluding hydrogens is 424 g/mol. The van der Waals surface area contributed by atoms with Gasteiger partial charge in [-0.15, -0.1) is 0 Å². The lowest BCUT2D eigenvalue weighted by Gasteiger charge is -2.15. The maximum atomic E-state index is 13.6. The summed E-state index contributed by atoms with van der Waals surface area (Å²) >= 11 is 0. The zero-order valence-electron chi connectivity index (χ0n) is 17.9. The Hall–Kier alpha value is -4.46. The van der Waals surface area contributed by atoms with Crippen molar-refractivity contribution in [3.8, 4) is 11.5 Å². The molecule has 0 unspecified atom stereocenters. The third kappa shape index (κ3) is 4.45. The molecule has 0 aliphatic carbocycles. The molecule has 8 nitrogen and oxygen atoms in total. The number of benzene rings is 3. The van der Waals surface area contributed by atoms with Crippen molar-refractivity contribution in [2.75, 3.05) is 14.2 Å². The van der Waals surface area contributed by atoms with Crippen molar-refractivity contribution in [1.82, 2.24) is 10.3 Å². The van der Waals surface area contributed by atoms with Crippen LogP contribution >= 0.6 is 0 Å². The minimum atomic E-state index is -1.24. The molecule has 0 saturated heterocycles. The van der Waals surface area contributed by atoms with Crippen LogP contribution in [0.15, 0.2) is 76.9 Å². The van der Waals surface area contributed by atoms with Crippen molar-refractivity contribution in [2.45, 2.75) is 6.42 Å². The van der Waals surface area contributed by atoms with E-state index < -0.39 is 11.8 Å². The van der Waals surface area contributed by atoms with E-state index in [4.69, 9.17) is 14.1 Å². The van der Waals surface area contributed by atoms with Crippen molar-refractivity contribution in [3.05, 3.63) is 89.0 Å². The number of ether oxygens (including phenoxy) is 2. The van der Waals surface area contributed by atoms with Crippen LogP contribution in [0.25, 0.3) is 16.6 Å². The summed E-state index contributed by atoms with van der Waals surface area (Å²) in [5.74, 6) is -0.514. The van der Waals surface area contributed by atoms with Crippen LogP contribution < -0.4 is 9.47 Å². The first-order valence-corrected chi connectivity index (χ1v) is 10.0. The second-order valence-electron chi connectivity index (χ2n) is 7.17. The highest BCUT2D eigenvalue weighted by atomic mass is 16.6. The monoisotopic (exact) mass is 444 g/mol. The molecule has 0 radical (unpaired) electrons. The Labute approximate surface area is 189 Å². The van der Waals surface area contributed by atoms with Crippen LogP contribution in [0.4, 0.5) is 0 Å². The van der Waals surface area contributed by atoms with Gasteiger partial charge in [-0.25, -0.2) is 9.42 Å². The lowest BCUT2D eigenvalue weighted by molar-refractivity contribution is -0.130. The zero-order chi connectivity index (χ0) is 23.4. The topological polar surface area (TPSA) is 112 Å². The van der Waals surface area contributed by atoms with Crippen LogP contribution in [0, 0.1) is 0 Å². The van der Waals surface area contributed by atoms with E-state index in [9.17, 15) is 14.7 Å². The van der Waals surface area contributed by atoms with Gasteiger partial charge in [-0.3, -0.25) is 4.79 Å². The van der Waals surface area contributed by atoms with Crippen LogP contribution in [0.2, 0.25) is 0 Å². The second kappa shape index (κ2) is 9.35. The van der Waals surface area contributed by atoms with E-state index in [1.54, 1.807) is 66.7 Å². The van der Waals surface area contributed by atoms with Gasteiger partial charge in [0.2, 0.25) is 0 Å². The Morgan fingerprint density at radius 2 is 1.58 bits per heavy atom. The van der Waals surface area contributed by atoms with Gasteiger partial charge < -0.3 is 14.6 Å². The summed E-state index contributed by atoms with van der Waals surface area (Å²) in [7, 11) is 3.05. The first kappa shape index (κ1) is 21.8. The van der Waals surface area contributed by atoms with Gasteiger partial charge in [0.05, 0.1) is 19.8 Å². The van der Waals surface area contributed by atoms with E-state index in [1.807, 2.05) is 0 Å². The number of hydrogen-bond acceptors (Lipinski definition) is 7. The highest BCUT2D eigenvalue weighted by Crippen LogP contribution is 2.30. The van der Waals surface area contributed by atoms with Crippen LogP contribution in [-0.4, -0.2) is 41.4 Å². The number of carboxylic acids is 1. The molecule has 4 rings (SSSR count). The average Bonchev–Trinajstić information content (AvgIpc) is 3.31. The van der Waals surface area contributed by atoms with E-state index >= 15 is 0 Å². The largest absolute Gasteiger partial charge is 0.497 e. The van der Waals surface area contributed by atoms with Gasteiger partial charge in [0.1, 0.15) is 22.5 Å². The summed E-state index contributed by atoms with van der Waals surface area (Å²) in [4.78, 5) is 26.1. The lowest BCUT2D eigenvalue weighted by atomic mass is 9.89. The highest BCUT2D eigenvalue weighted by molar-refractivity contribution is 6.26. The zero-order valence-corrected chi connectivity index (χ0v) is 17.9. The number of allylic oxidation sites excluding steroid dienone is 1. The van der Waals surface area contributed by atoms with Crippen LogP contribution in [-0.2, 0) is 11.2 Å². The molecule has 0 atom stereocenters. The lowest BCUT2D eigenvalue weighted by Crippen LogP contribution is -2.14. The van der Waals surface area contributed by atoms with Crippen molar-refractivity contribution in [2.24, 2.45) is 0 Å². The summed E-state index contributed by atoms with van der Waals surface area (Å²) in [6.45, 7) is 0. The van der Waals surface area contributed by atoms with E-state index in [-0.39, 0.29) is 17.6 Å². The Balaban J connectivity index is 1.91. The van der Waals surface area contributed by atoms with Crippen molar-refractivity contribution < 1.29 is 28.8 Å². The number of ketones is 1. The number of aromatic nitrogens is 2. The molecule has 0 bridgehead atoms. The highest BCUT2D eigenvalue weighted by Gasteiger charge is 2.25. The molecule has 8 heteroatoms. The molecule has 3 aromatic carbocycles. The van der Waals surface area contributed by atoms with Gasteiger partial charge in [-0.05, 0) is 63.9 Å². The van der Waals surface area contributed by atoms with E-state index in [1.165, 1.54) is 14.2 Å². The van der Waals surface area contributed by atoms with E-state index in [2.05, 4.69) is 10.3 Å². The SMILES string of the molecule is COc1ccc(C(=O)C(Cc2ccccc2OC)=C(C(=O)O)c2ccc3nonc3c2)cc1. The molecule has 1 heterocycles. The van der Waals surface area contributed by atoms with Gasteiger partial charge in [-0.2, -0.15) is 0 Å². The minimum absolute atomic E-state index is 0.0472. The average molecular weight is 444 g/mol. The summed E-state index contributed by atoms with van der Waals surface area (Å²) in [5, 5.41) is 17.7. The Morgan fingerprint density at radius 3 is 2.27 bits per heavy atom. The number of methoxy groups -OCH3 is 2. The number of Topliss-reactive ketones (excluding diaryl/α,β-unsaturated/α-hetero) is 1. The summed E-state index contributed by atoms with van der Waals surface area (Å²) in [5.41, 5.74) is 2.18. The number of aliphatic carboxylic acids is 1. The van der Waals surface area contributed by atoms with Gasteiger partial charge in [-0.1, -0.05) is 24.3 Å². The molecule has 1 aromatic heterocycles. The molecule has 0 spiro atoms. The minimum Gasteiger partial charge on any atom is -0.497 e. The fourth-order valence-electron chi connectivity index (χ4n) is 3.60. The number of para-hydroxylation sites is 1. The van der Waals surface area contributed by atoms with Crippen LogP contribution in [0.3, 0.4) is 0 Å². The fourth-order valence-corrected chi connectivity index (χ4v) is 3.60. The van der Waals surface area contributed by atoms with Crippen molar-refractivity contribution >= 4 is 28.4 Å². The molecule has 33 heavy (non-hydrogen) atoms.